The lowest BCUT2D eigenvalue weighted by molar-refractivity contribution is -0.157. The molecule has 36 heavy (non-hydrogen) atoms. The van der Waals surface area contributed by atoms with Crippen molar-refractivity contribution in [1.29, 1.82) is 0 Å². The maximum atomic E-state index is 13.7. The van der Waals surface area contributed by atoms with E-state index in [0.717, 1.165) is 50.3 Å². The van der Waals surface area contributed by atoms with E-state index in [2.05, 4.69) is 9.88 Å². The molecule has 2 aliphatic heterocycles. The zero-order valence-electron chi connectivity index (χ0n) is 20.7. The Bertz CT molecular complexity index is 1130. The molecule has 194 valence electrons. The predicted octanol–water partition coefficient (Wildman–Crippen LogP) is 4.20. The first kappa shape index (κ1) is 26.6. The molecule has 4 rings (SSSR count). The molecule has 2 fully saturated rings. The summed E-state index contributed by atoms with van der Waals surface area (Å²) in [5, 5.41) is 11.2. The monoisotopic (exact) mass is 536 g/mol. The third-order valence-corrected chi connectivity index (χ3v) is 7.67. The van der Waals surface area contributed by atoms with Crippen LogP contribution in [-0.2, 0) is 10.4 Å². The minimum atomic E-state index is -1.83. The summed E-state index contributed by atoms with van der Waals surface area (Å²) in [6.07, 6.45) is 3.01. The number of piperidine rings is 1. The second-order valence-electron chi connectivity index (χ2n) is 10.2. The molecular weight excluding hydrogens is 506 g/mol. The van der Waals surface area contributed by atoms with E-state index in [-0.39, 0.29) is 21.6 Å². The summed E-state index contributed by atoms with van der Waals surface area (Å²) in [6.45, 7) is 4.24. The molecule has 1 aromatic heterocycles. The molecule has 2 aliphatic rings. The summed E-state index contributed by atoms with van der Waals surface area (Å²) < 4.78 is 13.7. The molecule has 0 aliphatic carbocycles. The van der Waals surface area contributed by atoms with Gasteiger partial charge in [0, 0.05) is 45.3 Å². The van der Waals surface area contributed by atoms with Gasteiger partial charge < -0.3 is 19.8 Å². The highest BCUT2D eigenvalue weighted by Gasteiger charge is 2.42. The third-order valence-electron chi connectivity index (χ3n) is 7.16. The highest BCUT2D eigenvalue weighted by Crippen LogP contribution is 2.34. The largest absolute Gasteiger partial charge is 0.376 e. The quantitative estimate of drug-likeness (QED) is 0.559. The molecule has 10 heteroatoms. The maximum Gasteiger partial charge on any atom is 0.258 e. The van der Waals surface area contributed by atoms with Gasteiger partial charge in [-0.2, -0.15) is 0 Å². The van der Waals surface area contributed by atoms with E-state index >= 15 is 0 Å². The summed E-state index contributed by atoms with van der Waals surface area (Å²) in [7, 11) is 3.36. The molecule has 1 atom stereocenters. The molecule has 2 amide bonds. The number of carbonyl (C=O) groups is 2. The average molecular weight is 537 g/mol. The number of carbonyl (C=O) groups excluding carboxylic acids is 2. The Morgan fingerprint density at radius 1 is 1.14 bits per heavy atom. The van der Waals surface area contributed by atoms with Crippen molar-refractivity contribution in [2.45, 2.75) is 31.8 Å². The molecule has 0 saturated carbocycles. The van der Waals surface area contributed by atoms with Crippen molar-refractivity contribution in [3.05, 3.63) is 57.5 Å². The summed E-state index contributed by atoms with van der Waals surface area (Å²) in [4.78, 5) is 34.8. The zero-order chi connectivity index (χ0) is 26.2. The highest BCUT2D eigenvalue weighted by atomic mass is 35.5. The summed E-state index contributed by atoms with van der Waals surface area (Å²) in [6, 6.07) is 7.28. The van der Waals surface area contributed by atoms with Gasteiger partial charge in [0.15, 0.2) is 5.60 Å². The lowest BCUT2D eigenvalue weighted by atomic mass is 9.82. The maximum absolute atomic E-state index is 13.7. The van der Waals surface area contributed by atoms with Crippen LogP contribution >= 0.6 is 23.2 Å². The molecule has 1 unspecified atom stereocenters. The normalized spacial score (nSPS) is 18.5. The SMILES string of the molecule is CN(C)C(=O)c1ccc(N2CCC(CC3CN(C(=O)C(C)(O)c4cc(F)cc(Cl)c4)C3)CC2)nc1Cl. The number of anilines is 1. The Morgan fingerprint density at radius 2 is 1.81 bits per heavy atom. The van der Waals surface area contributed by atoms with Crippen LogP contribution in [0.5, 0.6) is 0 Å². The molecule has 0 spiro atoms. The summed E-state index contributed by atoms with van der Waals surface area (Å²) in [5.41, 5.74) is -1.28. The molecule has 0 radical (unpaired) electrons. The zero-order valence-corrected chi connectivity index (χ0v) is 22.2. The van der Waals surface area contributed by atoms with Gasteiger partial charge in [0.05, 0.1) is 5.56 Å². The Balaban J connectivity index is 1.26. The predicted molar refractivity (Wildman–Crippen MR) is 138 cm³/mol. The van der Waals surface area contributed by atoms with E-state index < -0.39 is 17.3 Å². The average Bonchev–Trinajstić information content (AvgIpc) is 2.80. The van der Waals surface area contributed by atoms with Gasteiger partial charge in [-0.3, -0.25) is 9.59 Å². The van der Waals surface area contributed by atoms with Crippen LogP contribution in [0.2, 0.25) is 10.2 Å². The standard InChI is InChI=1S/C26H31Cl2FN4O3/c1-26(36,18-11-19(27)13-20(29)12-18)25(35)33-14-17(15-33)10-16-6-8-32(9-7-16)22-5-4-21(23(28)30-22)24(34)31(2)3/h4-5,11-13,16-17,36H,6-10,14-15H2,1-3H3. The van der Waals surface area contributed by atoms with Gasteiger partial charge in [-0.25, -0.2) is 9.37 Å². The van der Waals surface area contributed by atoms with Crippen molar-refractivity contribution in [1.82, 2.24) is 14.8 Å². The van der Waals surface area contributed by atoms with E-state index in [9.17, 15) is 19.1 Å². The number of rotatable bonds is 6. The molecule has 0 bridgehead atoms. The van der Waals surface area contributed by atoms with Gasteiger partial charge in [-0.15, -0.1) is 0 Å². The van der Waals surface area contributed by atoms with Crippen LogP contribution in [0.4, 0.5) is 10.2 Å². The molecule has 2 saturated heterocycles. The van der Waals surface area contributed by atoms with Crippen LogP contribution in [0.15, 0.2) is 30.3 Å². The van der Waals surface area contributed by atoms with Crippen LogP contribution in [0, 0.1) is 17.7 Å². The fraction of sp³-hybridized carbons (Fsp3) is 0.500. The van der Waals surface area contributed by atoms with Crippen molar-refractivity contribution in [3.8, 4) is 0 Å². The van der Waals surface area contributed by atoms with Crippen molar-refractivity contribution in [2.24, 2.45) is 11.8 Å². The molecular formula is C26H31Cl2FN4O3. The number of pyridine rings is 1. The minimum Gasteiger partial charge on any atom is -0.376 e. The van der Waals surface area contributed by atoms with Gasteiger partial charge in [-0.05, 0) is 73.9 Å². The Kier molecular flexibility index (Phi) is 7.78. The first-order valence-corrected chi connectivity index (χ1v) is 12.8. The number of amides is 2. The van der Waals surface area contributed by atoms with Crippen LogP contribution in [0.3, 0.4) is 0 Å². The number of aliphatic hydroxyl groups is 1. The van der Waals surface area contributed by atoms with Crippen molar-refractivity contribution in [2.75, 3.05) is 45.2 Å². The van der Waals surface area contributed by atoms with E-state index in [4.69, 9.17) is 23.2 Å². The number of hydrogen-bond acceptors (Lipinski definition) is 5. The number of aromatic nitrogens is 1. The van der Waals surface area contributed by atoms with Gasteiger partial charge in [0.1, 0.15) is 16.8 Å². The van der Waals surface area contributed by atoms with Gasteiger partial charge >= 0.3 is 0 Å². The second kappa shape index (κ2) is 10.5. The molecule has 1 aromatic carbocycles. The van der Waals surface area contributed by atoms with Crippen molar-refractivity contribution < 1.29 is 19.1 Å². The number of halogens is 3. The number of likely N-dealkylation sites (tertiary alicyclic amines) is 1. The number of nitrogens with zero attached hydrogens (tertiary/aromatic N) is 4. The second-order valence-corrected chi connectivity index (χ2v) is 11.0. The molecule has 2 aromatic rings. The lowest BCUT2D eigenvalue weighted by Crippen LogP contribution is -2.56. The number of benzene rings is 1. The van der Waals surface area contributed by atoms with E-state index in [1.807, 2.05) is 6.07 Å². The first-order valence-electron chi connectivity index (χ1n) is 12.1. The first-order chi connectivity index (χ1) is 17.0. The van der Waals surface area contributed by atoms with Crippen LogP contribution in [0.25, 0.3) is 0 Å². The van der Waals surface area contributed by atoms with Gasteiger partial charge in [-0.1, -0.05) is 23.2 Å². The molecule has 3 heterocycles. The van der Waals surface area contributed by atoms with Crippen LogP contribution < -0.4 is 4.90 Å². The highest BCUT2D eigenvalue weighted by molar-refractivity contribution is 6.32. The van der Waals surface area contributed by atoms with E-state index in [1.54, 1.807) is 25.1 Å². The van der Waals surface area contributed by atoms with Gasteiger partial charge in [0.2, 0.25) is 0 Å². The van der Waals surface area contributed by atoms with Crippen LogP contribution in [-0.4, -0.2) is 72.0 Å². The lowest BCUT2D eigenvalue weighted by Gasteiger charge is -2.44. The van der Waals surface area contributed by atoms with E-state index in [1.165, 1.54) is 17.9 Å². The fourth-order valence-corrected chi connectivity index (χ4v) is 5.47. The smallest absolute Gasteiger partial charge is 0.258 e. The van der Waals surface area contributed by atoms with Gasteiger partial charge in [0.25, 0.3) is 11.8 Å². The minimum absolute atomic E-state index is 0.140. The van der Waals surface area contributed by atoms with Crippen molar-refractivity contribution in [3.63, 3.8) is 0 Å². The van der Waals surface area contributed by atoms with Crippen LogP contribution in [0.1, 0.15) is 42.1 Å². The topological polar surface area (TPSA) is 77.0 Å². The molecule has 7 nitrogen and oxygen atoms in total. The van der Waals surface area contributed by atoms with Crippen molar-refractivity contribution >= 4 is 40.8 Å². The Labute approximate surface area is 220 Å². The van der Waals surface area contributed by atoms with E-state index in [0.29, 0.717) is 30.5 Å². The molecule has 1 N–H and O–H groups in total. The Morgan fingerprint density at radius 3 is 2.39 bits per heavy atom. The fourth-order valence-electron chi connectivity index (χ4n) is 5.02. The third kappa shape index (κ3) is 5.61. The summed E-state index contributed by atoms with van der Waals surface area (Å²) >= 11 is 12.2. The Hall–Kier alpha value is -2.42. The number of hydrogen-bond donors (Lipinski definition) is 1. The summed E-state index contributed by atoms with van der Waals surface area (Å²) in [5.74, 6) is 0.488.